The van der Waals surface area contributed by atoms with Gasteiger partial charge in [-0.05, 0) is 77.0 Å². The van der Waals surface area contributed by atoms with Gasteiger partial charge in [0.05, 0.1) is 39.9 Å². The molecule has 404 valence electrons. The number of nitrogens with zero attached hydrogens (tertiary/aromatic N) is 1. The fraction of sp³-hybridized carbons (Fsp3) is 0.721. The van der Waals surface area contributed by atoms with Crippen LogP contribution in [0.4, 0.5) is 0 Å². The third-order valence-electron chi connectivity index (χ3n) is 12.3. The maximum atomic E-state index is 12.9. The fourth-order valence-corrected chi connectivity index (χ4v) is 8.62. The van der Waals surface area contributed by atoms with E-state index >= 15 is 0 Å². The summed E-state index contributed by atoms with van der Waals surface area (Å²) in [5.74, 6) is -0.151. The SMILES string of the molecule is CC/C=C\C/C=C\C/C=C\C/C=C\C/C=C\C/C=C\C/C=C\C/C=C\CCCCCCCCCCCCCCCCCCC(=O)NC(COP(=O)(O)OCC[N+](C)(C)C)C(O)CCCCCCCCC. The number of nitrogens with one attached hydrogen (secondary N) is 1. The Hall–Kier alpha value is -2.58. The second kappa shape index (κ2) is 51.3. The summed E-state index contributed by atoms with van der Waals surface area (Å²) in [4.78, 5) is 23.1. The van der Waals surface area contributed by atoms with Crippen LogP contribution in [0.3, 0.4) is 0 Å². The lowest BCUT2D eigenvalue weighted by Crippen LogP contribution is -2.46. The van der Waals surface area contributed by atoms with Crippen molar-refractivity contribution < 1.29 is 32.9 Å². The molecule has 0 aromatic heterocycles. The molecule has 0 bridgehead atoms. The maximum absolute atomic E-state index is 12.9. The number of likely N-dealkylation sites (N-methyl/N-ethyl adjacent to an activating group) is 1. The third-order valence-corrected chi connectivity index (χ3v) is 13.3. The van der Waals surface area contributed by atoms with Crippen molar-refractivity contribution in [3.05, 3.63) is 97.2 Å². The van der Waals surface area contributed by atoms with Crippen molar-refractivity contribution in [3.63, 3.8) is 0 Å². The van der Waals surface area contributed by atoms with Gasteiger partial charge in [0, 0.05) is 6.42 Å². The minimum Gasteiger partial charge on any atom is -0.391 e. The Kier molecular flexibility index (Phi) is 49.4. The van der Waals surface area contributed by atoms with E-state index in [-0.39, 0.29) is 19.1 Å². The average Bonchev–Trinajstić information content (AvgIpc) is 3.32. The number of hydrogen-bond acceptors (Lipinski definition) is 5. The van der Waals surface area contributed by atoms with Gasteiger partial charge in [-0.25, -0.2) is 4.57 Å². The van der Waals surface area contributed by atoms with Crippen LogP contribution in [0.15, 0.2) is 97.2 Å². The standard InChI is InChI=1S/C61H109N2O6P/c1-6-8-10-12-14-15-16-17-18-19-20-21-22-23-24-25-26-27-28-29-30-31-32-33-34-35-36-37-38-39-40-41-42-43-44-45-46-47-49-51-53-55-61(65)62-59(60(64)54-52-50-48-13-11-9-7-2)58-69-70(66,67)68-57-56-63(3,4)5/h8,10,14-15,17-18,20-21,23-24,26-27,29-30,32-33,59-60,64H,6-7,9,11-13,16,19,22,25,28,31,34-58H2,1-5H3,(H-,62,65,66,67)/p+1/b10-8-,15-14-,18-17-,21-20-,24-23-,27-26-,30-29-,33-32-. The molecule has 0 rings (SSSR count). The second-order valence-corrected chi connectivity index (χ2v) is 21.7. The highest BCUT2D eigenvalue weighted by atomic mass is 31.2. The number of quaternary nitrogens is 1. The quantitative estimate of drug-likeness (QED) is 0.0243. The Labute approximate surface area is 432 Å². The van der Waals surface area contributed by atoms with Gasteiger partial charge in [-0.15, -0.1) is 0 Å². The number of hydrogen-bond donors (Lipinski definition) is 3. The predicted molar refractivity (Wildman–Crippen MR) is 304 cm³/mol. The maximum Gasteiger partial charge on any atom is 0.472 e. The summed E-state index contributed by atoms with van der Waals surface area (Å²) in [5.41, 5.74) is 0. The van der Waals surface area contributed by atoms with Crippen LogP contribution in [-0.2, 0) is 18.4 Å². The van der Waals surface area contributed by atoms with E-state index in [1.165, 1.54) is 116 Å². The number of aliphatic hydroxyl groups is 1. The molecule has 1 amide bonds. The first kappa shape index (κ1) is 67.4. The van der Waals surface area contributed by atoms with Crippen LogP contribution in [-0.4, -0.2) is 73.4 Å². The van der Waals surface area contributed by atoms with E-state index in [0.29, 0.717) is 23.9 Å². The summed E-state index contributed by atoms with van der Waals surface area (Å²) >= 11 is 0. The summed E-state index contributed by atoms with van der Waals surface area (Å²) in [6, 6.07) is -0.761. The summed E-state index contributed by atoms with van der Waals surface area (Å²) in [6.45, 7) is 4.72. The number of carbonyl (C=O) groups is 1. The van der Waals surface area contributed by atoms with Crippen molar-refractivity contribution in [2.24, 2.45) is 0 Å². The number of phosphoric ester groups is 1. The smallest absolute Gasteiger partial charge is 0.391 e. The molecule has 0 aromatic rings. The van der Waals surface area contributed by atoms with Gasteiger partial charge in [0.15, 0.2) is 0 Å². The highest BCUT2D eigenvalue weighted by Crippen LogP contribution is 2.43. The van der Waals surface area contributed by atoms with Crippen molar-refractivity contribution >= 4 is 13.7 Å². The molecule has 9 heteroatoms. The monoisotopic (exact) mass is 998 g/mol. The van der Waals surface area contributed by atoms with Crippen LogP contribution in [0.1, 0.15) is 232 Å². The molecule has 0 radical (unpaired) electrons. The van der Waals surface area contributed by atoms with E-state index in [1.807, 2.05) is 21.1 Å². The first-order valence-electron chi connectivity index (χ1n) is 28.6. The summed E-state index contributed by atoms with van der Waals surface area (Å²) in [5, 5.41) is 13.9. The zero-order valence-corrected chi connectivity index (χ0v) is 46.9. The summed E-state index contributed by atoms with van der Waals surface area (Å²) in [7, 11) is 1.61. The Bertz CT molecular complexity index is 1460. The van der Waals surface area contributed by atoms with E-state index < -0.39 is 20.0 Å². The number of phosphoric acid groups is 1. The normalized spacial score (nSPS) is 14.7. The molecular formula is C61H110N2O6P+. The molecule has 0 aliphatic rings. The van der Waals surface area contributed by atoms with Gasteiger partial charge in [-0.1, -0.05) is 246 Å². The number of amides is 1. The van der Waals surface area contributed by atoms with Gasteiger partial charge in [0.2, 0.25) is 5.91 Å². The van der Waals surface area contributed by atoms with Crippen molar-refractivity contribution in [3.8, 4) is 0 Å². The minimum absolute atomic E-state index is 0.0719. The zero-order valence-electron chi connectivity index (χ0n) is 46.0. The lowest BCUT2D eigenvalue weighted by molar-refractivity contribution is -0.870. The molecule has 8 nitrogen and oxygen atoms in total. The number of aliphatic hydroxyl groups excluding tert-OH is 1. The molecule has 0 fully saturated rings. The number of allylic oxidation sites excluding steroid dienone is 16. The third kappa shape index (κ3) is 53.2. The molecule has 0 spiro atoms. The fourth-order valence-electron chi connectivity index (χ4n) is 7.89. The number of rotatable bonds is 51. The minimum atomic E-state index is -4.31. The second-order valence-electron chi connectivity index (χ2n) is 20.3. The largest absolute Gasteiger partial charge is 0.472 e. The molecule has 0 saturated heterocycles. The molecule has 0 aromatic carbocycles. The van der Waals surface area contributed by atoms with E-state index in [0.717, 1.165) is 89.9 Å². The van der Waals surface area contributed by atoms with E-state index in [1.54, 1.807) is 0 Å². The average molecular weight is 999 g/mol. The Morgan fingerprint density at radius 1 is 0.500 bits per heavy atom. The van der Waals surface area contributed by atoms with Crippen LogP contribution < -0.4 is 5.32 Å². The van der Waals surface area contributed by atoms with Crippen molar-refractivity contribution in [1.82, 2.24) is 5.32 Å². The molecule has 70 heavy (non-hydrogen) atoms. The van der Waals surface area contributed by atoms with Gasteiger partial charge in [0.1, 0.15) is 13.2 Å². The van der Waals surface area contributed by atoms with E-state index in [9.17, 15) is 19.4 Å². The lowest BCUT2D eigenvalue weighted by Gasteiger charge is -2.26. The van der Waals surface area contributed by atoms with Gasteiger partial charge in [0.25, 0.3) is 0 Å². The Balaban J connectivity index is 3.84. The molecule has 0 aliphatic heterocycles. The zero-order chi connectivity index (χ0) is 51.3. The van der Waals surface area contributed by atoms with Crippen LogP contribution in [0.25, 0.3) is 0 Å². The lowest BCUT2D eigenvalue weighted by atomic mass is 10.0. The molecule has 3 unspecified atom stereocenters. The van der Waals surface area contributed by atoms with Crippen LogP contribution in [0.5, 0.6) is 0 Å². The van der Waals surface area contributed by atoms with Gasteiger partial charge < -0.3 is 19.8 Å². The van der Waals surface area contributed by atoms with Crippen LogP contribution >= 0.6 is 7.82 Å². The van der Waals surface area contributed by atoms with Crippen molar-refractivity contribution in [2.45, 2.75) is 244 Å². The first-order valence-corrected chi connectivity index (χ1v) is 30.1. The number of carbonyl (C=O) groups excluding carboxylic acids is 1. The highest BCUT2D eigenvalue weighted by molar-refractivity contribution is 7.47. The molecule has 0 aliphatic carbocycles. The topological polar surface area (TPSA) is 105 Å². The van der Waals surface area contributed by atoms with E-state index in [2.05, 4.69) is 116 Å². The van der Waals surface area contributed by atoms with Gasteiger partial charge in [-0.2, -0.15) is 0 Å². The van der Waals surface area contributed by atoms with Crippen LogP contribution in [0, 0.1) is 0 Å². The molecule has 0 heterocycles. The molecular weight excluding hydrogens is 888 g/mol. The Morgan fingerprint density at radius 3 is 1.26 bits per heavy atom. The van der Waals surface area contributed by atoms with E-state index in [4.69, 9.17) is 9.05 Å². The Morgan fingerprint density at radius 2 is 0.857 bits per heavy atom. The first-order chi connectivity index (χ1) is 34.0. The molecule has 3 N–H and O–H groups in total. The molecule has 3 atom stereocenters. The summed E-state index contributed by atoms with van der Waals surface area (Å²) < 4.78 is 23.6. The predicted octanol–water partition coefficient (Wildman–Crippen LogP) is 17.4. The van der Waals surface area contributed by atoms with Crippen LogP contribution in [0.2, 0.25) is 0 Å². The number of unbranched alkanes of at least 4 members (excludes halogenated alkanes) is 22. The summed E-state index contributed by atoms with van der Waals surface area (Å²) in [6.07, 6.45) is 73.6. The van der Waals surface area contributed by atoms with Gasteiger partial charge in [-0.3, -0.25) is 13.8 Å². The molecule has 0 saturated carbocycles. The van der Waals surface area contributed by atoms with Crippen molar-refractivity contribution in [2.75, 3.05) is 40.9 Å². The van der Waals surface area contributed by atoms with Crippen molar-refractivity contribution in [1.29, 1.82) is 0 Å². The van der Waals surface area contributed by atoms with Gasteiger partial charge >= 0.3 is 7.82 Å². The highest BCUT2D eigenvalue weighted by Gasteiger charge is 2.28.